The molecule has 2 aromatic rings. The van der Waals surface area contributed by atoms with Crippen LogP contribution in [0.25, 0.3) is 0 Å². The van der Waals surface area contributed by atoms with Gasteiger partial charge in [0, 0.05) is 19.3 Å². The van der Waals surface area contributed by atoms with Crippen LogP contribution in [0.4, 0.5) is 0 Å². The molecule has 0 aliphatic carbocycles. The van der Waals surface area contributed by atoms with Crippen LogP contribution >= 0.6 is 0 Å². The van der Waals surface area contributed by atoms with E-state index >= 15 is 0 Å². The summed E-state index contributed by atoms with van der Waals surface area (Å²) in [6, 6.07) is 15.2. The van der Waals surface area contributed by atoms with Gasteiger partial charge in [0.05, 0.1) is 9.79 Å². The van der Waals surface area contributed by atoms with Gasteiger partial charge in [-0.15, -0.1) is 18.4 Å². The molecule has 0 N–H and O–H groups in total. The van der Waals surface area contributed by atoms with Crippen LogP contribution in [-0.2, 0) is 19.7 Å². The SMILES string of the molecule is C=CCC(CC#CCC)(S(=O)(=O)c1ccccc1)S(=O)(=O)c1ccccc1. The number of benzene rings is 2. The largest absolute Gasteiger partial charge is 0.222 e. The summed E-state index contributed by atoms with van der Waals surface area (Å²) in [6.07, 6.45) is 1.23. The molecule has 0 aliphatic rings. The highest BCUT2D eigenvalue weighted by atomic mass is 32.3. The molecular formula is C21H22O4S2. The van der Waals surface area contributed by atoms with Crippen molar-refractivity contribution in [3.8, 4) is 11.8 Å². The molecule has 4 nitrogen and oxygen atoms in total. The van der Waals surface area contributed by atoms with Crippen molar-refractivity contribution in [1.82, 2.24) is 0 Å². The first-order chi connectivity index (χ1) is 12.8. The molecule has 2 rings (SSSR count). The van der Waals surface area contributed by atoms with Crippen LogP contribution in [0.2, 0.25) is 0 Å². The molecule has 0 saturated carbocycles. The third-order valence-corrected chi connectivity index (χ3v) is 9.88. The van der Waals surface area contributed by atoms with E-state index in [4.69, 9.17) is 0 Å². The van der Waals surface area contributed by atoms with Crippen molar-refractivity contribution >= 4 is 19.7 Å². The Morgan fingerprint density at radius 2 is 1.30 bits per heavy atom. The third-order valence-electron chi connectivity index (χ3n) is 4.20. The maximum Gasteiger partial charge on any atom is 0.200 e. The fourth-order valence-electron chi connectivity index (χ4n) is 2.80. The minimum absolute atomic E-state index is 0.0512. The van der Waals surface area contributed by atoms with E-state index in [1.807, 2.05) is 6.92 Å². The molecular weight excluding hydrogens is 380 g/mol. The summed E-state index contributed by atoms with van der Waals surface area (Å²) in [7, 11) is -8.55. The van der Waals surface area contributed by atoms with Gasteiger partial charge in [0.2, 0.25) is 0 Å². The second-order valence-corrected chi connectivity index (χ2v) is 10.7. The number of rotatable bonds is 7. The van der Waals surface area contributed by atoms with Crippen LogP contribution in [0.15, 0.2) is 83.1 Å². The van der Waals surface area contributed by atoms with Crippen LogP contribution in [0, 0.1) is 11.8 Å². The van der Waals surface area contributed by atoms with Gasteiger partial charge in [0.1, 0.15) is 0 Å². The Kier molecular flexibility index (Phi) is 6.63. The van der Waals surface area contributed by atoms with Crippen LogP contribution in [0.1, 0.15) is 26.2 Å². The van der Waals surface area contributed by atoms with Crippen LogP contribution < -0.4 is 0 Å². The zero-order valence-electron chi connectivity index (χ0n) is 15.1. The number of allylic oxidation sites excluding steroid dienone is 1. The van der Waals surface area contributed by atoms with Crippen molar-refractivity contribution in [2.75, 3.05) is 0 Å². The minimum atomic E-state index is -4.27. The average molecular weight is 403 g/mol. The van der Waals surface area contributed by atoms with Crippen molar-refractivity contribution in [2.24, 2.45) is 0 Å². The Morgan fingerprint density at radius 3 is 1.67 bits per heavy atom. The molecule has 0 aliphatic heterocycles. The summed E-state index contributed by atoms with van der Waals surface area (Å²) in [5.74, 6) is 5.55. The number of sulfone groups is 2. The molecule has 0 spiro atoms. The molecule has 0 amide bonds. The Labute approximate surface area is 161 Å². The van der Waals surface area contributed by atoms with E-state index < -0.39 is 23.8 Å². The van der Waals surface area contributed by atoms with Crippen molar-refractivity contribution in [1.29, 1.82) is 0 Å². The third kappa shape index (κ3) is 3.85. The molecule has 0 atom stereocenters. The summed E-state index contributed by atoms with van der Waals surface area (Å²) in [6.45, 7) is 5.43. The van der Waals surface area contributed by atoms with Gasteiger partial charge in [-0.05, 0) is 24.3 Å². The second-order valence-electron chi connectivity index (χ2n) is 5.92. The van der Waals surface area contributed by atoms with Crippen molar-refractivity contribution in [3.05, 3.63) is 73.3 Å². The lowest BCUT2D eigenvalue weighted by Gasteiger charge is -2.30. The monoisotopic (exact) mass is 402 g/mol. The first-order valence-corrected chi connectivity index (χ1v) is 11.5. The zero-order chi connectivity index (χ0) is 20.0. The molecule has 142 valence electrons. The summed E-state index contributed by atoms with van der Waals surface area (Å²) >= 11 is 0. The predicted molar refractivity (Wildman–Crippen MR) is 107 cm³/mol. The molecule has 0 radical (unpaired) electrons. The smallest absolute Gasteiger partial charge is 0.200 e. The van der Waals surface area contributed by atoms with Gasteiger partial charge < -0.3 is 0 Å². The van der Waals surface area contributed by atoms with Crippen molar-refractivity contribution < 1.29 is 16.8 Å². The first kappa shape index (κ1) is 20.9. The highest BCUT2D eigenvalue weighted by Gasteiger charge is 2.54. The standard InChI is InChI=1S/C21H22O4S2/c1-3-5-12-18-21(17-4-2,26(22,23)19-13-8-6-9-14-19)27(24,25)20-15-10-7-11-16-20/h4,6-11,13-16H,2-3,17-18H2,1H3. The number of hydrogen-bond acceptors (Lipinski definition) is 4. The van der Waals surface area contributed by atoms with E-state index in [0.717, 1.165) is 0 Å². The molecule has 6 heteroatoms. The van der Waals surface area contributed by atoms with E-state index in [2.05, 4.69) is 18.4 Å². The van der Waals surface area contributed by atoms with Crippen molar-refractivity contribution in [3.63, 3.8) is 0 Å². The lowest BCUT2D eigenvalue weighted by molar-refractivity contribution is 0.539. The highest BCUT2D eigenvalue weighted by molar-refractivity contribution is 8.10. The molecule has 0 fully saturated rings. The van der Waals surface area contributed by atoms with Gasteiger partial charge in [0.15, 0.2) is 23.8 Å². The quantitative estimate of drug-likeness (QED) is 0.518. The molecule has 0 saturated heterocycles. The molecule has 27 heavy (non-hydrogen) atoms. The molecule has 0 heterocycles. The van der Waals surface area contributed by atoms with Gasteiger partial charge >= 0.3 is 0 Å². The van der Waals surface area contributed by atoms with Gasteiger partial charge in [-0.3, -0.25) is 0 Å². The Balaban J connectivity index is 2.84. The van der Waals surface area contributed by atoms with Crippen molar-refractivity contribution in [2.45, 2.75) is 40.1 Å². The molecule has 0 bridgehead atoms. The van der Waals surface area contributed by atoms with E-state index in [1.54, 1.807) is 36.4 Å². The van der Waals surface area contributed by atoms with Crippen LogP contribution in [0.5, 0.6) is 0 Å². The average Bonchev–Trinajstić information content (AvgIpc) is 2.68. The maximum atomic E-state index is 13.6. The van der Waals surface area contributed by atoms with Gasteiger partial charge in [-0.25, -0.2) is 16.8 Å². The lowest BCUT2D eigenvalue weighted by Crippen LogP contribution is -2.46. The van der Waals surface area contributed by atoms with Crippen LogP contribution in [0.3, 0.4) is 0 Å². The first-order valence-electron chi connectivity index (χ1n) is 8.49. The summed E-state index contributed by atoms with van der Waals surface area (Å²) in [5.41, 5.74) is 0. The fourth-order valence-corrected chi connectivity index (χ4v) is 7.62. The normalized spacial score (nSPS) is 12.0. The summed E-state index contributed by atoms with van der Waals surface area (Å²) < 4.78 is 52.1. The molecule has 0 aromatic heterocycles. The van der Waals surface area contributed by atoms with E-state index in [-0.39, 0.29) is 22.6 Å². The summed E-state index contributed by atoms with van der Waals surface area (Å²) in [4.78, 5) is -0.102. The Morgan fingerprint density at radius 1 is 0.852 bits per heavy atom. The van der Waals surface area contributed by atoms with E-state index in [1.165, 1.54) is 30.3 Å². The topological polar surface area (TPSA) is 68.3 Å². The van der Waals surface area contributed by atoms with Gasteiger partial charge in [-0.2, -0.15) is 0 Å². The second kappa shape index (κ2) is 8.55. The van der Waals surface area contributed by atoms with Gasteiger partial charge in [-0.1, -0.05) is 49.4 Å². The molecule has 2 aromatic carbocycles. The fraction of sp³-hybridized carbons (Fsp3) is 0.238. The molecule has 0 unspecified atom stereocenters. The Bertz CT molecular complexity index is 974. The lowest BCUT2D eigenvalue weighted by atomic mass is 10.2. The Hall–Kier alpha value is -2.36. The zero-order valence-corrected chi connectivity index (χ0v) is 16.8. The minimum Gasteiger partial charge on any atom is -0.222 e. The maximum absolute atomic E-state index is 13.6. The summed E-state index contributed by atoms with van der Waals surface area (Å²) in [5, 5.41) is 0. The van der Waals surface area contributed by atoms with E-state index in [9.17, 15) is 16.8 Å². The highest BCUT2D eigenvalue weighted by Crippen LogP contribution is 2.41. The van der Waals surface area contributed by atoms with Crippen LogP contribution in [-0.4, -0.2) is 20.9 Å². The van der Waals surface area contributed by atoms with E-state index in [0.29, 0.717) is 6.42 Å². The van der Waals surface area contributed by atoms with Gasteiger partial charge in [0.25, 0.3) is 0 Å². The number of hydrogen-bond donors (Lipinski definition) is 0. The predicted octanol–water partition coefficient (Wildman–Crippen LogP) is 4.01.